The van der Waals surface area contributed by atoms with Crippen LogP contribution in [0.5, 0.6) is 11.6 Å². The molecule has 0 unspecified atom stereocenters. The van der Waals surface area contributed by atoms with Crippen molar-refractivity contribution in [1.82, 2.24) is 14.8 Å². The Hall–Kier alpha value is -4.26. The van der Waals surface area contributed by atoms with Gasteiger partial charge in [0.25, 0.3) is 5.91 Å². The van der Waals surface area contributed by atoms with Crippen LogP contribution >= 0.6 is 0 Å². The largest absolute Gasteiger partial charge is 0.497 e. The Morgan fingerprint density at radius 2 is 1.82 bits per heavy atom. The predicted octanol–water partition coefficient (Wildman–Crippen LogP) is 4.18. The molecule has 0 bridgehead atoms. The second kappa shape index (κ2) is 11.0. The summed E-state index contributed by atoms with van der Waals surface area (Å²) in [7, 11) is -0.851. The number of nitrogens with zero attached hydrogens (tertiary/aromatic N) is 3. The fourth-order valence-corrected chi connectivity index (χ4v) is 4.92. The van der Waals surface area contributed by atoms with Gasteiger partial charge in [-0.1, -0.05) is 19.1 Å². The van der Waals surface area contributed by atoms with E-state index in [1.165, 1.54) is 19.4 Å². The van der Waals surface area contributed by atoms with Gasteiger partial charge in [-0.3, -0.25) is 9.52 Å². The zero-order valence-electron chi connectivity index (χ0n) is 20.8. The van der Waals surface area contributed by atoms with Gasteiger partial charge >= 0.3 is 0 Å². The van der Waals surface area contributed by atoms with E-state index in [4.69, 9.17) is 9.47 Å². The summed E-state index contributed by atoms with van der Waals surface area (Å²) in [6, 6.07) is 10.7. The number of rotatable bonds is 10. The van der Waals surface area contributed by atoms with Crippen LogP contribution < -0.4 is 19.5 Å². The van der Waals surface area contributed by atoms with Crippen molar-refractivity contribution in [3.05, 3.63) is 71.4 Å². The van der Waals surface area contributed by atoms with Crippen LogP contribution in [0.2, 0.25) is 0 Å². The Balaban J connectivity index is 1.61. The van der Waals surface area contributed by atoms with Crippen LogP contribution in [0.25, 0.3) is 11.0 Å². The topological polar surface area (TPSA) is 124 Å². The third kappa shape index (κ3) is 5.67. The normalized spacial score (nSPS) is 11.4. The minimum absolute atomic E-state index is 0.126. The molecule has 200 valence electrons. The van der Waals surface area contributed by atoms with Crippen molar-refractivity contribution in [2.24, 2.45) is 0 Å². The van der Waals surface area contributed by atoms with Crippen molar-refractivity contribution in [1.29, 1.82) is 0 Å². The minimum atomic E-state index is -3.86. The first-order chi connectivity index (χ1) is 18.2. The van der Waals surface area contributed by atoms with Gasteiger partial charge in [-0.25, -0.2) is 26.9 Å². The number of hydrogen-bond donors (Lipinski definition) is 2. The van der Waals surface area contributed by atoms with Gasteiger partial charge in [0, 0.05) is 0 Å². The zero-order valence-corrected chi connectivity index (χ0v) is 21.6. The molecule has 0 aliphatic heterocycles. The number of hydrogen-bond acceptors (Lipinski definition) is 7. The van der Waals surface area contributed by atoms with E-state index in [9.17, 15) is 17.6 Å². The quantitative estimate of drug-likeness (QED) is 0.306. The van der Waals surface area contributed by atoms with Gasteiger partial charge in [0.1, 0.15) is 17.1 Å². The summed E-state index contributed by atoms with van der Waals surface area (Å²) in [5, 5.41) is 7.28. The second-order valence-electron chi connectivity index (χ2n) is 8.27. The predicted molar refractivity (Wildman–Crippen MR) is 138 cm³/mol. The second-order valence-corrected chi connectivity index (χ2v) is 10.1. The minimum Gasteiger partial charge on any atom is -0.497 e. The van der Waals surface area contributed by atoms with E-state index >= 15 is 4.39 Å². The fraction of sp³-hybridized carbons (Fsp3) is 0.240. The maximum absolute atomic E-state index is 15.0. The number of fused-ring (bicyclic) bond motifs is 1. The number of nitrogens with one attached hydrogen (secondary N) is 2. The number of amides is 1. The van der Waals surface area contributed by atoms with Crippen molar-refractivity contribution >= 4 is 38.3 Å². The molecule has 2 aromatic heterocycles. The molecule has 0 saturated carbocycles. The Kier molecular flexibility index (Phi) is 7.76. The molecule has 13 heteroatoms. The van der Waals surface area contributed by atoms with Crippen molar-refractivity contribution in [3.63, 3.8) is 0 Å². The average molecular weight is 546 g/mol. The molecule has 4 rings (SSSR count). The smallest absolute Gasteiger partial charge is 0.261 e. The third-order valence-electron chi connectivity index (χ3n) is 5.55. The molecule has 2 aromatic carbocycles. The van der Waals surface area contributed by atoms with Crippen molar-refractivity contribution < 1.29 is 31.5 Å². The number of pyridine rings is 1. The first-order valence-corrected chi connectivity index (χ1v) is 13.1. The highest BCUT2D eigenvalue weighted by Gasteiger charge is 2.24. The van der Waals surface area contributed by atoms with E-state index < -0.39 is 38.8 Å². The molecule has 2 heterocycles. The number of ether oxygens (including phenoxy) is 2. The number of carbonyl (C=O) groups is 1. The molecule has 0 saturated heterocycles. The summed E-state index contributed by atoms with van der Waals surface area (Å²) < 4.78 is 67.7. The van der Waals surface area contributed by atoms with Crippen LogP contribution in [-0.2, 0) is 16.6 Å². The highest BCUT2D eigenvalue weighted by Crippen LogP contribution is 2.28. The molecular weight excluding hydrogens is 520 g/mol. The molecule has 2 N–H and O–H groups in total. The number of carbonyl (C=O) groups excluding carboxylic acids is 1. The first-order valence-electron chi connectivity index (χ1n) is 11.5. The first kappa shape index (κ1) is 26.8. The van der Waals surface area contributed by atoms with Gasteiger partial charge in [0.05, 0.1) is 49.5 Å². The number of anilines is 2. The van der Waals surface area contributed by atoms with Crippen LogP contribution in [0, 0.1) is 11.6 Å². The lowest BCUT2D eigenvalue weighted by atomic mass is 10.1. The van der Waals surface area contributed by atoms with Crippen LogP contribution in [0.15, 0.2) is 48.7 Å². The SMILES string of the molecule is CCCS(=O)(=O)Nc1ccc(F)c(C(=O)Nc2cnc3c(c2)c(OC)nn3Cc2ccc(OC)cc2)c1F. The van der Waals surface area contributed by atoms with Crippen molar-refractivity contribution in [2.75, 3.05) is 30.0 Å². The summed E-state index contributed by atoms with van der Waals surface area (Å²) in [6.07, 6.45) is 1.61. The molecule has 0 spiro atoms. The molecule has 0 fully saturated rings. The number of methoxy groups -OCH3 is 2. The van der Waals surface area contributed by atoms with Gasteiger partial charge in [0.2, 0.25) is 15.9 Å². The van der Waals surface area contributed by atoms with Gasteiger partial charge in [-0.05, 0) is 42.3 Å². The maximum atomic E-state index is 15.0. The Bertz CT molecular complexity index is 1590. The average Bonchev–Trinajstić information content (AvgIpc) is 3.22. The Labute approximate surface area is 217 Å². The van der Waals surface area contributed by atoms with E-state index in [1.54, 1.807) is 18.7 Å². The highest BCUT2D eigenvalue weighted by atomic mass is 32.2. The van der Waals surface area contributed by atoms with Crippen LogP contribution in [0.4, 0.5) is 20.2 Å². The molecule has 10 nitrogen and oxygen atoms in total. The molecule has 4 aromatic rings. The van der Waals surface area contributed by atoms with Crippen molar-refractivity contribution in [3.8, 4) is 11.6 Å². The molecule has 38 heavy (non-hydrogen) atoms. The van der Waals surface area contributed by atoms with E-state index in [0.717, 1.165) is 17.7 Å². The maximum Gasteiger partial charge on any atom is 0.261 e. The van der Waals surface area contributed by atoms with E-state index in [2.05, 4.69) is 15.4 Å². The Morgan fingerprint density at radius 1 is 1.08 bits per heavy atom. The van der Waals surface area contributed by atoms with E-state index in [1.807, 2.05) is 29.0 Å². The monoisotopic (exact) mass is 545 g/mol. The summed E-state index contributed by atoms with van der Waals surface area (Å²) in [5.74, 6) is -2.92. The van der Waals surface area contributed by atoms with Gasteiger partial charge in [-0.15, -0.1) is 5.10 Å². The number of halogens is 2. The van der Waals surface area contributed by atoms with E-state index in [-0.39, 0.29) is 17.3 Å². The summed E-state index contributed by atoms with van der Waals surface area (Å²) >= 11 is 0. The van der Waals surface area contributed by atoms with Gasteiger partial charge < -0.3 is 14.8 Å². The molecule has 0 aliphatic carbocycles. The van der Waals surface area contributed by atoms with Crippen LogP contribution in [0.1, 0.15) is 29.3 Å². The van der Waals surface area contributed by atoms with Crippen LogP contribution in [0.3, 0.4) is 0 Å². The lowest BCUT2D eigenvalue weighted by molar-refractivity contribution is 0.101. The van der Waals surface area contributed by atoms with Gasteiger partial charge in [0.15, 0.2) is 11.5 Å². The highest BCUT2D eigenvalue weighted by molar-refractivity contribution is 7.92. The summed E-state index contributed by atoms with van der Waals surface area (Å²) in [5.41, 5.74) is 0.0439. The van der Waals surface area contributed by atoms with E-state index in [0.29, 0.717) is 29.7 Å². The van der Waals surface area contributed by atoms with Crippen LogP contribution in [-0.4, -0.2) is 49.1 Å². The summed E-state index contributed by atoms with van der Waals surface area (Å²) in [4.78, 5) is 17.2. The number of sulfonamides is 1. The Morgan fingerprint density at radius 3 is 2.47 bits per heavy atom. The standard InChI is InChI=1S/C25H25F2N5O5S/c1-4-11-38(34,35)31-20-10-9-19(26)21(22(20)27)24(33)29-16-12-18-23(28-13-16)32(30-25(18)37-3)14-15-5-7-17(36-2)8-6-15/h5-10,12-13,31H,4,11,14H2,1-3H3,(H,29,33). The number of benzene rings is 2. The molecular formula is C25H25F2N5O5S. The molecule has 0 radical (unpaired) electrons. The molecule has 1 amide bonds. The summed E-state index contributed by atoms with van der Waals surface area (Å²) in [6.45, 7) is 2.02. The lowest BCUT2D eigenvalue weighted by Crippen LogP contribution is -2.20. The molecule has 0 aliphatic rings. The van der Waals surface area contributed by atoms with Crippen molar-refractivity contribution in [2.45, 2.75) is 19.9 Å². The zero-order chi connectivity index (χ0) is 27.4. The molecule has 0 atom stereocenters. The van der Waals surface area contributed by atoms with Gasteiger partial charge in [-0.2, -0.15) is 0 Å². The number of aromatic nitrogens is 3. The lowest BCUT2D eigenvalue weighted by Gasteiger charge is -2.12. The third-order valence-corrected chi connectivity index (χ3v) is 7.03. The fourth-order valence-electron chi connectivity index (χ4n) is 3.79.